The lowest BCUT2D eigenvalue weighted by Gasteiger charge is -2.31. The standard InChI is InChI=1S/C15H21F2NO4/c1-15(2,3)22-14(20)18-11-7-5-8(9(6-7)12(16)17)10(11)13(19)21-4/h7-8,10-11H,5-6H2,1-4H3,(H,18,20)/t7-,8+,10+,11-/m1/s1. The van der Waals surface area contributed by atoms with E-state index in [9.17, 15) is 18.4 Å². The molecule has 1 amide bonds. The number of hydrogen-bond acceptors (Lipinski definition) is 4. The minimum absolute atomic E-state index is 0.0163. The largest absolute Gasteiger partial charge is 0.469 e. The van der Waals surface area contributed by atoms with Gasteiger partial charge in [-0.2, -0.15) is 8.78 Å². The molecule has 2 aliphatic rings. The number of ether oxygens (including phenoxy) is 2. The maximum Gasteiger partial charge on any atom is 0.407 e. The normalized spacial score (nSPS) is 30.2. The van der Waals surface area contributed by atoms with Crippen molar-refractivity contribution in [3.63, 3.8) is 0 Å². The van der Waals surface area contributed by atoms with Crippen LogP contribution < -0.4 is 5.32 Å². The highest BCUT2D eigenvalue weighted by molar-refractivity contribution is 5.77. The molecule has 4 atom stereocenters. The van der Waals surface area contributed by atoms with Gasteiger partial charge in [-0.15, -0.1) is 0 Å². The molecule has 7 heteroatoms. The van der Waals surface area contributed by atoms with Crippen molar-refractivity contribution in [1.29, 1.82) is 0 Å². The molecule has 2 aliphatic carbocycles. The SMILES string of the molecule is COC(=O)[C@@H]1[C@H](NC(=O)OC(C)(C)C)[C@H]2CC(=C(F)F)[C@@H]1C2. The zero-order valence-corrected chi connectivity index (χ0v) is 13.1. The van der Waals surface area contributed by atoms with E-state index < -0.39 is 41.6 Å². The van der Waals surface area contributed by atoms with E-state index in [1.54, 1.807) is 20.8 Å². The lowest BCUT2D eigenvalue weighted by molar-refractivity contribution is -0.147. The van der Waals surface area contributed by atoms with Crippen LogP contribution in [0.15, 0.2) is 11.7 Å². The highest BCUT2D eigenvalue weighted by Gasteiger charge is 2.55. The molecule has 2 fully saturated rings. The van der Waals surface area contributed by atoms with Crippen LogP contribution in [-0.4, -0.2) is 30.8 Å². The van der Waals surface area contributed by atoms with Gasteiger partial charge in [0.1, 0.15) is 5.60 Å². The van der Waals surface area contributed by atoms with E-state index in [2.05, 4.69) is 5.32 Å². The first-order valence-electron chi connectivity index (χ1n) is 7.25. The molecular formula is C15H21F2NO4. The lowest BCUT2D eigenvalue weighted by atomic mass is 9.81. The summed E-state index contributed by atoms with van der Waals surface area (Å²) in [6.07, 6.45) is -1.73. The van der Waals surface area contributed by atoms with Crippen molar-refractivity contribution >= 4 is 12.1 Å². The Morgan fingerprint density at radius 3 is 2.41 bits per heavy atom. The summed E-state index contributed by atoms with van der Waals surface area (Å²) in [4.78, 5) is 23.9. The Hall–Kier alpha value is -1.66. The summed E-state index contributed by atoms with van der Waals surface area (Å²) in [5.74, 6) is -2.12. The minimum Gasteiger partial charge on any atom is -0.469 e. The average Bonchev–Trinajstić information content (AvgIpc) is 2.93. The highest BCUT2D eigenvalue weighted by Crippen LogP contribution is 2.53. The summed E-state index contributed by atoms with van der Waals surface area (Å²) in [5.41, 5.74) is -0.652. The molecule has 0 aromatic carbocycles. The molecule has 0 aliphatic heterocycles. The Morgan fingerprint density at radius 1 is 1.27 bits per heavy atom. The van der Waals surface area contributed by atoms with Crippen LogP contribution in [0, 0.1) is 17.8 Å². The number of fused-ring (bicyclic) bond motifs is 2. The number of allylic oxidation sites excluding steroid dienone is 1. The predicted molar refractivity (Wildman–Crippen MR) is 74.1 cm³/mol. The molecule has 0 spiro atoms. The van der Waals surface area contributed by atoms with Crippen molar-refractivity contribution in [2.75, 3.05) is 7.11 Å². The van der Waals surface area contributed by atoms with Crippen LogP contribution in [0.2, 0.25) is 0 Å². The molecule has 0 heterocycles. The van der Waals surface area contributed by atoms with Crippen LogP contribution >= 0.6 is 0 Å². The first-order valence-corrected chi connectivity index (χ1v) is 7.25. The van der Waals surface area contributed by atoms with Gasteiger partial charge >= 0.3 is 12.1 Å². The maximum atomic E-state index is 13.0. The third-order valence-electron chi connectivity index (χ3n) is 4.21. The van der Waals surface area contributed by atoms with E-state index in [0.29, 0.717) is 6.42 Å². The molecule has 2 saturated carbocycles. The quantitative estimate of drug-likeness (QED) is 0.795. The molecular weight excluding hydrogens is 296 g/mol. The number of nitrogens with one attached hydrogen (secondary N) is 1. The summed E-state index contributed by atoms with van der Waals surface area (Å²) in [6, 6.07) is -0.532. The smallest absolute Gasteiger partial charge is 0.407 e. The molecule has 22 heavy (non-hydrogen) atoms. The fourth-order valence-electron chi connectivity index (χ4n) is 3.48. The monoisotopic (exact) mass is 317 g/mol. The van der Waals surface area contributed by atoms with Crippen LogP contribution in [0.4, 0.5) is 13.6 Å². The van der Waals surface area contributed by atoms with Gasteiger partial charge < -0.3 is 14.8 Å². The molecule has 1 N–H and O–H groups in total. The Balaban J connectivity index is 2.16. The van der Waals surface area contributed by atoms with Crippen LogP contribution in [0.3, 0.4) is 0 Å². The molecule has 0 aromatic heterocycles. The summed E-state index contributed by atoms with van der Waals surface area (Å²) >= 11 is 0. The second-order valence-corrected chi connectivity index (χ2v) is 6.81. The number of amides is 1. The average molecular weight is 317 g/mol. The molecule has 0 unspecified atom stereocenters. The summed E-state index contributed by atoms with van der Waals surface area (Å²) < 4.78 is 35.8. The number of carbonyl (C=O) groups excluding carboxylic acids is 2. The van der Waals surface area contributed by atoms with Gasteiger partial charge in [-0.25, -0.2) is 4.79 Å². The number of alkyl carbamates (subject to hydrolysis) is 1. The van der Waals surface area contributed by atoms with Crippen LogP contribution in [0.1, 0.15) is 33.6 Å². The second kappa shape index (κ2) is 5.85. The number of esters is 1. The van der Waals surface area contributed by atoms with E-state index in [4.69, 9.17) is 9.47 Å². The van der Waals surface area contributed by atoms with E-state index in [0.717, 1.165) is 0 Å². The van der Waals surface area contributed by atoms with Gasteiger partial charge in [-0.05, 0) is 45.1 Å². The fraction of sp³-hybridized carbons (Fsp3) is 0.733. The van der Waals surface area contributed by atoms with Gasteiger partial charge in [0.15, 0.2) is 0 Å². The van der Waals surface area contributed by atoms with Crippen molar-refractivity contribution in [3.8, 4) is 0 Å². The zero-order valence-electron chi connectivity index (χ0n) is 13.1. The lowest BCUT2D eigenvalue weighted by Crippen LogP contribution is -2.49. The van der Waals surface area contributed by atoms with Crippen molar-refractivity contribution in [2.24, 2.45) is 17.8 Å². The third kappa shape index (κ3) is 3.23. The van der Waals surface area contributed by atoms with Crippen molar-refractivity contribution in [2.45, 2.75) is 45.3 Å². The number of carbonyl (C=O) groups is 2. The second-order valence-electron chi connectivity index (χ2n) is 6.81. The van der Waals surface area contributed by atoms with E-state index in [-0.39, 0.29) is 17.9 Å². The van der Waals surface area contributed by atoms with E-state index in [1.807, 2.05) is 0 Å². The molecule has 124 valence electrons. The van der Waals surface area contributed by atoms with Crippen LogP contribution in [0.25, 0.3) is 0 Å². The van der Waals surface area contributed by atoms with Gasteiger partial charge in [-0.3, -0.25) is 4.79 Å². The topological polar surface area (TPSA) is 64.6 Å². The van der Waals surface area contributed by atoms with Gasteiger partial charge in [-0.1, -0.05) is 0 Å². The van der Waals surface area contributed by atoms with Gasteiger partial charge in [0, 0.05) is 12.0 Å². The van der Waals surface area contributed by atoms with Crippen molar-refractivity contribution in [1.82, 2.24) is 5.32 Å². The van der Waals surface area contributed by atoms with Gasteiger partial charge in [0.25, 0.3) is 6.08 Å². The molecule has 2 rings (SSSR count). The Bertz CT molecular complexity index is 508. The Morgan fingerprint density at radius 2 is 1.91 bits per heavy atom. The molecule has 0 aromatic rings. The molecule has 2 bridgehead atoms. The Labute approximate surface area is 128 Å². The van der Waals surface area contributed by atoms with Gasteiger partial charge in [0.2, 0.25) is 0 Å². The van der Waals surface area contributed by atoms with Crippen molar-refractivity contribution < 1.29 is 27.8 Å². The Kier molecular flexibility index (Phi) is 4.44. The predicted octanol–water partition coefficient (Wildman–Crippen LogP) is 2.86. The first kappa shape index (κ1) is 16.7. The van der Waals surface area contributed by atoms with Crippen LogP contribution in [-0.2, 0) is 14.3 Å². The molecule has 0 saturated heterocycles. The first-order chi connectivity index (χ1) is 10.1. The number of halogens is 2. The fourth-order valence-corrected chi connectivity index (χ4v) is 3.48. The molecule has 0 radical (unpaired) electrons. The summed E-state index contributed by atoms with van der Waals surface area (Å²) in [7, 11) is 1.22. The zero-order chi connectivity index (χ0) is 16.7. The summed E-state index contributed by atoms with van der Waals surface area (Å²) in [5, 5.41) is 2.66. The van der Waals surface area contributed by atoms with Crippen LogP contribution in [0.5, 0.6) is 0 Å². The van der Waals surface area contributed by atoms with Crippen molar-refractivity contribution in [3.05, 3.63) is 11.7 Å². The molecule has 5 nitrogen and oxygen atoms in total. The number of methoxy groups -OCH3 is 1. The van der Waals surface area contributed by atoms with E-state index in [1.165, 1.54) is 7.11 Å². The third-order valence-corrected chi connectivity index (χ3v) is 4.21. The maximum absolute atomic E-state index is 13.0. The summed E-state index contributed by atoms with van der Waals surface area (Å²) in [6.45, 7) is 5.18. The number of rotatable bonds is 2. The highest BCUT2D eigenvalue weighted by atomic mass is 19.3. The van der Waals surface area contributed by atoms with Gasteiger partial charge in [0.05, 0.1) is 13.0 Å². The number of hydrogen-bond donors (Lipinski definition) is 1. The minimum atomic E-state index is -1.72. The van der Waals surface area contributed by atoms with E-state index >= 15 is 0 Å².